The van der Waals surface area contributed by atoms with Crippen molar-refractivity contribution < 1.29 is 4.79 Å². The Kier molecular flexibility index (Phi) is 4.22. The van der Waals surface area contributed by atoms with Crippen LogP contribution in [0.15, 0.2) is 63.7 Å². The Bertz CT molecular complexity index is 1180. The van der Waals surface area contributed by atoms with Crippen molar-refractivity contribution in [1.82, 2.24) is 20.4 Å². The van der Waals surface area contributed by atoms with Gasteiger partial charge in [-0.15, -0.1) is 0 Å². The molecule has 31 heavy (non-hydrogen) atoms. The van der Waals surface area contributed by atoms with Crippen LogP contribution in [0.25, 0.3) is 11.1 Å². The summed E-state index contributed by atoms with van der Waals surface area (Å²) < 4.78 is 1.84. The highest BCUT2D eigenvalue weighted by Gasteiger charge is 2.53. The maximum absolute atomic E-state index is 13.5. The number of rotatable bonds is 3. The molecule has 1 amide bonds. The molecular formula is C24H28N6O. The van der Waals surface area contributed by atoms with Crippen LogP contribution in [-0.2, 0) is 17.3 Å². The molecule has 5 rings (SSSR count). The van der Waals surface area contributed by atoms with Crippen molar-refractivity contribution in [3.63, 3.8) is 0 Å². The number of fused-ring (bicyclic) bond motifs is 1. The summed E-state index contributed by atoms with van der Waals surface area (Å²) in [6.45, 7) is 8.27. The lowest BCUT2D eigenvalue weighted by Gasteiger charge is -2.48. The van der Waals surface area contributed by atoms with Gasteiger partial charge in [0, 0.05) is 42.0 Å². The molecule has 7 nitrogen and oxygen atoms in total. The van der Waals surface area contributed by atoms with Gasteiger partial charge in [-0.2, -0.15) is 15.3 Å². The summed E-state index contributed by atoms with van der Waals surface area (Å²) in [4.78, 5) is 13.5. The van der Waals surface area contributed by atoms with E-state index in [4.69, 9.17) is 0 Å². The molecule has 4 heterocycles. The topological polar surface area (TPSA) is 83.7 Å². The van der Waals surface area contributed by atoms with Gasteiger partial charge < -0.3 is 10.6 Å². The Morgan fingerprint density at radius 2 is 2.10 bits per heavy atom. The normalized spacial score (nSPS) is 26.2. The number of aryl methyl sites for hydroxylation is 2. The number of hydrogen-bond acceptors (Lipinski definition) is 5. The third-order valence-corrected chi connectivity index (χ3v) is 6.71. The summed E-state index contributed by atoms with van der Waals surface area (Å²) >= 11 is 0. The number of amides is 1. The molecule has 7 heteroatoms. The van der Waals surface area contributed by atoms with Gasteiger partial charge in [0.2, 0.25) is 0 Å². The minimum absolute atomic E-state index is 0.0187. The molecular weight excluding hydrogens is 388 g/mol. The van der Waals surface area contributed by atoms with Gasteiger partial charge in [0.25, 0.3) is 5.91 Å². The van der Waals surface area contributed by atoms with E-state index in [-0.39, 0.29) is 17.6 Å². The van der Waals surface area contributed by atoms with Crippen LogP contribution in [-0.4, -0.2) is 27.4 Å². The molecule has 2 aromatic rings. The largest absolute Gasteiger partial charge is 0.362 e. The SMILES string of the molecule is CC[C@@]1(c2cccc(-c3cn(C)nc3C)c2)C2=CN=NC2NC2=C1C(=O)NC(C)(C)C2. The smallest absolute Gasteiger partial charge is 0.250 e. The minimum Gasteiger partial charge on any atom is -0.362 e. The van der Waals surface area contributed by atoms with Crippen molar-refractivity contribution in [2.45, 2.75) is 57.7 Å². The van der Waals surface area contributed by atoms with Crippen LogP contribution < -0.4 is 10.6 Å². The van der Waals surface area contributed by atoms with Gasteiger partial charge in [-0.1, -0.05) is 25.1 Å². The molecule has 0 radical (unpaired) electrons. The van der Waals surface area contributed by atoms with E-state index in [0.29, 0.717) is 0 Å². The summed E-state index contributed by atoms with van der Waals surface area (Å²) in [5.74, 6) is -0.0187. The average molecular weight is 417 g/mol. The molecule has 160 valence electrons. The van der Waals surface area contributed by atoms with E-state index >= 15 is 0 Å². The molecule has 0 aliphatic carbocycles. The first-order chi connectivity index (χ1) is 14.7. The molecule has 2 N–H and O–H groups in total. The fraction of sp³-hybridized carbons (Fsp3) is 0.417. The second kappa shape index (κ2) is 6.64. The van der Waals surface area contributed by atoms with Crippen molar-refractivity contribution >= 4 is 5.91 Å². The number of aromatic nitrogens is 2. The molecule has 3 aliphatic heterocycles. The Labute approximate surface area is 182 Å². The zero-order valence-electron chi connectivity index (χ0n) is 18.7. The Hall–Kier alpha value is -3.22. The van der Waals surface area contributed by atoms with Gasteiger partial charge in [0.1, 0.15) is 0 Å². The van der Waals surface area contributed by atoms with Gasteiger partial charge >= 0.3 is 0 Å². The monoisotopic (exact) mass is 416 g/mol. The molecule has 0 spiro atoms. The number of nitrogens with zero attached hydrogens (tertiary/aromatic N) is 4. The number of carbonyl (C=O) groups excluding carboxylic acids is 1. The summed E-state index contributed by atoms with van der Waals surface area (Å²) in [5, 5.41) is 19.9. The van der Waals surface area contributed by atoms with Crippen LogP contribution in [0.5, 0.6) is 0 Å². The van der Waals surface area contributed by atoms with Crippen molar-refractivity contribution in [3.05, 3.63) is 64.8 Å². The second-order valence-corrected chi connectivity index (χ2v) is 9.37. The second-order valence-electron chi connectivity index (χ2n) is 9.37. The van der Waals surface area contributed by atoms with Gasteiger partial charge in [-0.25, -0.2) is 0 Å². The Morgan fingerprint density at radius 1 is 1.29 bits per heavy atom. The quantitative estimate of drug-likeness (QED) is 0.797. The zero-order chi connectivity index (χ0) is 22.0. The van der Waals surface area contributed by atoms with Gasteiger partial charge in [0.15, 0.2) is 6.17 Å². The third kappa shape index (κ3) is 2.86. The molecule has 0 bridgehead atoms. The first-order valence-corrected chi connectivity index (χ1v) is 10.8. The van der Waals surface area contributed by atoms with E-state index in [1.165, 1.54) is 0 Å². The lowest BCUT2D eigenvalue weighted by atomic mass is 9.62. The summed E-state index contributed by atoms with van der Waals surface area (Å²) in [7, 11) is 1.93. The highest BCUT2D eigenvalue weighted by atomic mass is 16.2. The zero-order valence-corrected chi connectivity index (χ0v) is 18.7. The van der Waals surface area contributed by atoms with E-state index in [1.807, 2.05) is 31.1 Å². The third-order valence-electron chi connectivity index (χ3n) is 6.71. The minimum atomic E-state index is -0.582. The highest BCUT2D eigenvalue weighted by Crippen LogP contribution is 2.51. The predicted octanol–water partition coefficient (Wildman–Crippen LogP) is 3.87. The average Bonchev–Trinajstić information content (AvgIpc) is 3.31. The predicted molar refractivity (Wildman–Crippen MR) is 119 cm³/mol. The number of azo groups is 1. The van der Waals surface area contributed by atoms with Crippen molar-refractivity contribution in [1.29, 1.82) is 0 Å². The summed E-state index contributed by atoms with van der Waals surface area (Å²) in [5.41, 5.74) is 6.17. The highest BCUT2D eigenvalue weighted by molar-refractivity contribution is 6.00. The molecule has 1 aromatic carbocycles. The summed E-state index contributed by atoms with van der Waals surface area (Å²) in [6.07, 6.45) is 5.11. The number of hydrogen-bond donors (Lipinski definition) is 2. The number of benzene rings is 1. The lowest BCUT2D eigenvalue weighted by molar-refractivity contribution is -0.120. The van der Waals surface area contributed by atoms with Crippen molar-refractivity contribution in [2.24, 2.45) is 17.3 Å². The van der Waals surface area contributed by atoms with E-state index in [1.54, 1.807) is 0 Å². The fourth-order valence-electron chi connectivity index (χ4n) is 5.44. The van der Waals surface area contributed by atoms with Gasteiger partial charge in [-0.05, 0) is 44.4 Å². The molecule has 0 saturated carbocycles. The maximum atomic E-state index is 13.5. The van der Waals surface area contributed by atoms with Gasteiger partial charge in [-0.3, -0.25) is 9.48 Å². The van der Waals surface area contributed by atoms with Crippen LogP contribution in [0.3, 0.4) is 0 Å². The molecule has 0 saturated heterocycles. The summed E-state index contributed by atoms with van der Waals surface area (Å²) in [6, 6.07) is 8.50. The van der Waals surface area contributed by atoms with E-state index in [9.17, 15) is 4.79 Å². The molecule has 1 aromatic heterocycles. The molecule has 1 unspecified atom stereocenters. The van der Waals surface area contributed by atoms with Gasteiger partial charge in [0.05, 0.1) is 22.9 Å². The Morgan fingerprint density at radius 3 is 2.81 bits per heavy atom. The fourth-order valence-corrected chi connectivity index (χ4v) is 5.44. The molecule has 3 aliphatic rings. The first kappa shape index (κ1) is 19.7. The van der Waals surface area contributed by atoms with Crippen molar-refractivity contribution in [2.75, 3.05) is 0 Å². The van der Waals surface area contributed by atoms with Crippen LogP contribution in [0.4, 0.5) is 0 Å². The maximum Gasteiger partial charge on any atom is 0.250 e. The van der Waals surface area contributed by atoms with Crippen LogP contribution in [0, 0.1) is 6.92 Å². The van der Waals surface area contributed by atoms with Crippen LogP contribution in [0.1, 0.15) is 44.9 Å². The number of carbonyl (C=O) groups is 1. The standard InChI is InChI=1S/C24H28N6O/c1-6-24(16-9-7-8-15(10-16)17-13-30(5)29-14(17)2)18-12-25-28-21(18)26-19-11-23(3,4)27-22(31)20(19)24/h7-10,12-13,21,26H,6,11H2,1-5H3,(H,27,31)/t21?,24-/m1/s1. The van der Waals surface area contributed by atoms with E-state index in [0.717, 1.165) is 52.1 Å². The first-order valence-electron chi connectivity index (χ1n) is 10.8. The molecule has 0 fully saturated rings. The van der Waals surface area contributed by atoms with E-state index in [2.05, 4.69) is 71.0 Å². The molecule has 2 atom stereocenters. The lowest BCUT2D eigenvalue weighted by Crippen LogP contribution is -2.58. The van der Waals surface area contributed by atoms with Crippen molar-refractivity contribution in [3.8, 4) is 11.1 Å². The van der Waals surface area contributed by atoms with E-state index < -0.39 is 5.41 Å². The number of nitrogens with one attached hydrogen (secondary N) is 2. The van der Waals surface area contributed by atoms with Crippen LogP contribution >= 0.6 is 0 Å². The van der Waals surface area contributed by atoms with Crippen LogP contribution in [0.2, 0.25) is 0 Å². The Balaban J connectivity index is 1.74.